The van der Waals surface area contributed by atoms with Gasteiger partial charge in [0.05, 0.1) is 11.4 Å². The van der Waals surface area contributed by atoms with Crippen LogP contribution >= 0.6 is 35.6 Å². The predicted molar refractivity (Wildman–Crippen MR) is 99.3 cm³/mol. The number of ether oxygens (including phenoxy) is 1. The third-order valence-corrected chi connectivity index (χ3v) is 5.17. The van der Waals surface area contributed by atoms with Crippen LogP contribution in [0.2, 0.25) is 5.15 Å². The molecule has 6 nitrogen and oxygen atoms in total. The number of nitrogens with zero attached hydrogens (tertiary/aromatic N) is 2. The lowest BCUT2D eigenvalue weighted by atomic mass is 10.3. The van der Waals surface area contributed by atoms with Crippen molar-refractivity contribution in [1.82, 2.24) is 9.88 Å². The molecule has 2 rings (SSSR count). The van der Waals surface area contributed by atoms with Crippen molar-refractivity contribution in [3.63, 3.8) is 0 Å². The van der Waals surface area contributed by atoms with Crippen molar-refractivity contribution in [1.29, 1.82) is 0 Å². The lowest BCUT2D eigenvalue weighted by Crippen LogP contribution is -2.31. The normalized spacial score (nSPS) is 15.0. The summed E-state index contributed by atoms with van der Waals surface area (Å²) in [6.45, 7) is 3.37. The summed E-state index contributed by atoms with van der Waals surface area (Å²) in [6.07, 6.45) is 2.83. The van der Waals surface area contributed by atoms with E-state index in [1.165, 1.54) is 24.9 Å². The number of pyridine rings is 1. The molecule has 1 aliphatic rings. The van der Waals surface area contributed by atoms with Crippen molar-refractivity contribution in [2.45, 2.75) is 25.9 Å². The van der Waals surface area contributed by atoms with Gasteiger partial charge in [-0.2, -0.15) is 0 Å². The fourth-order valence-electron chi connectivity index (χ4n) is 2.11. The van der Waals surface area contributed by atoms with Crippen LogP contribution in [0.3, 0.4) is 0 Å². The summed E-state index contributed by atoms with van der Waals surface area (Å²) in [6, 6.07) is 3.26. The van der Waals surface area contributed by atoms with Gasteiger partial charge in [-0.1, -0.05) is 35.6 Å². The van der Waals surface area contributed by atoms with Crippen molar-refractivity contribution < 1.29 is 14.3 Å². The van der Waals surface area contributed by atoms with Crippen LogP contribution in [0.4, 0.5) is 5.69 Å². The van der Waals surface area contributed by atoms with Gasteiger partial charge in [0.15, 0.2) is 11.3 Å². The topological polar surface area (TPSA) is 71.5 Å². The molecule has 0 radical (unpaired) electrons. The Labute approximate surface area is 155 Å². The minimum atomic E-state index is -0.935. The number of amides is 1. The van der Waals surface area contributed by atoms with Gasteiger partial charge < -0.3 is 15.0 Å². The molecule has 1 aliphatic heterocycles. The van der Waals surface area contributed by atoms with Crippen molar-refractivity contribution >= 4 is 57.5 Å². The smallest absolute Gasteiger partial charge is 0.317 e. The highest BCUT2D eigenvalue weighted by Gasteiger charge is 2.21. The monoisotopic (exact) mass is 387 g/mol. The summed E-state index contributed by atoms with van der Waals surface area (Å²) in [4.78, 5) is 29.8. The first-order chi connectivity index (χ1) is 11.5. The van der Waals surface area contributed by atoms with E-state index < -0.39 is 18.0 Å². The molecule has 1 N–H and O–H groups in total. The van der Waals surface area contributed by atoms with E-state index in [1.807, 2.05) is 0 Å². The zero-order valence-corrected chi connectivity index (χ0v) is 15.5. The number of likely N-dealkylation sites (tertiary alicyclic amines) is 1. The fraction of sp³-hybridized carbons (Fsp3) is 0.467. The fourth-order valence-corrected chi connectivity index (χ4v) is 3.31. The van der Waals surface area contributed by atoms with Crippen LogP contribution in [0.25, 0.3) is 0 Å². The number of thioether (sulfide) groups is 1. The van der Waals surface area contributed by atoms with Crippen LogP contribution in [-0.4, -0.2) is 51.0 Å². The maximum absolute atomic E-state index is 12.0. The number of rotatable bonds is 5. The third kappa shape index (κ3) is 5.61. The number of aromatic nitrogens is 1. The molecule has 130 valence electrons. The van der Waals surface area contributed by atoms with Crippen LogP contribution < -0.4 is 5.32 Å². The number of esters is 1. The molecule has 0 saturated carbocycles. The van der Waals surface area contributed by atoms with Gasteiger partial charge in [0.1, 0.15) is 4.32 Å². The number of carbonyl (C=O) groups is 2. The highest BCUT2D eigenvalue weighted by atomic mass is 35.5. The molecule has 0 spiro atoms. The number of nitrogens with one attached hydrogen (secondary N) is 1. The lowest BCUT2D eigenvalue weighted by molar-refractivity contribution is -0.150. The number of carbonyl (C=O) groups excluding carboxylic acids is 2. The van der Waals surface area contributed by atoms with E-state index in [1.54, 1.807) is 12.1 Å². The molecule has 0 aromatic carbocycles. The van der Waals surface area contributed by atoms with Crippen molar-refractivity contribution in [2.24, 2.45) is 0 Å². The number of halogens is 1. The molecule has 1 amide bonds. The SMILES string of the molecule is C[C@@H](OC(=O)CSC(=S)N1CCCC1)C(=O)Nc1cccnc1Cl. The molecular formula is C15H18ClN3O3S2. The van der Waals surface area contributed by atoms with Gasteiger partial charge in [-0.3, -0.25) is 9.59 Å². The first-order valence-corrected chi connectivity index (χ1v) is 9.27. The largest absolute Gasteiger partial charge is 0.452 e. The maximum atomic E-state index is 12.0. The number of anilines is 1. The van der Waals surface area contributed by atoms with E-state index in [2.05, 4.69) is 15.2 Å². The average Bonchev–Trinajstić information content (AvgIpc) is 3.09. The number of hydrogen-bond donors (Lipinski definition) is 1. The minimum absolute atomic E-state index is 0.0839. The second kappa shape index (κ2) is 9.19. The summed E-state index contributed by atoms with van der Waals surface area (Å²) in [5.41, 5.74) is 0.372. The maximum Gasteiger partial charge on any atom is 0.317 e. The van der Waals surface area contributed by atoms with Gasteiger partial charge in [-0.25, -0.2) is 4.98 Å². The van der Waals surface area contributed by atoms with Crippen molar-refractivity contribution in [3.05, 3.63) is 23.5 Å². The van der Waals surface area contributed by atoms with Gasteiger partial charge in [0.25, 0.3) is 5.91 Å². The third-order valence-electron chi connectivity index (χ3n) is 3.37. The van der Waals surface area contributed by atoms with Gasteiger partial charge in [-0.05, 0) is 31.9 Å². The summed E-state index contributed by atoms with van der Waals surface area (Å²) in [5.74, 6) is -0.868. The number of thiocarbonyl (C=S) groups is 1. The standard InChI is InChI=1S/C15H18ClN3O3S2/c1-10(14(21)18-11-5-4-6-17-13(11)16)22-12(20)9-24-15(23)19-7-2-3-8-19/h4-6,10H,2-3,7-9H2,1H3,(H,18,21)/t10-/m1/s1. The van der Waals surface area contributed by atoms with Crippen molar-refractivity contribution in [2.75, 3.05) is 24.2 Å². The van der Waals surface area contributed by atoms with Crippen LogP contribution in [0.5, 0.6) is 0 Å². The van der Waals surface area contributed by atoms with Gasteiger partial charge in [-0.15, -0.1) is 0 Å². The van der Waals surface area contributed by atoms with E-state index in [4.69, 9.17) is 28.6 Å². The predicted octanol–water partition coefficient (Wildman–Crippen LogP) is 2.72. The van der Waals surface area contributed by atoms with Gasteiger partial charge in [0, 0.05) is 19.3 Å². The number of hydrogen-bond acceptors (Lipinski definition) is 6. The average molecular weight is 388 g/mol. The lowest BCUT2D eigenvalue weighted by Gasteiger charge is -2.18. The van der Waals surface area contributed by atoms with E-state index in [-0.39, 0.29) is 10.9 Å². The Bertz CT molecular complexity index is 624. The summed E-state index contributed by atoms with van der Waals surface area (Å²) in [5, 5.41) is 2.75. The molecule has 0 bridgehead atoms. The van der Waals surface area contributed by atoms with E-state index in [0.29, 0.717) is 10.0 Å². The molecule has 9 heteroatoms. The van der Waals surface area contributed by atoms with Gasteiger partial charge >= 0.3 is 5.97 Å². The highest BCUT2D eigenvalue weighted by molar-refractivity contribution is 8.23. The first-order valence-electron chi connectivity index (χ1n) is 7.50. The van der Waals surface area contributed by atoms with Crippen LogP contribution in [0, 0.1) is 0 Å². The molecule has 1 aromatic heterocycles. The Morgan fingerprint density at radius 1 is 1.50 bits per heavy atom. The molecule has 2 heterocycles. The molecule has 1 atom stereocenters. The Kier molecular flexibility index (Phi) is 7.26. The zero-order valence-electron chi connectivity index (χ0n) is 13.2. The van der Waals surface area contributed by atoms with E-state index in [0.717, 1.165) is 25.9 Å². The second-order valence-corrected chi connectivity index (χ2v) is 7.18. The molecule has 1 aromatic rings. The molecule has 24 heavy (non-hydrogen) atoms. The summed E-state index contributed by atoms with van der Waals surface area (Å²) >= 11 is 12.4. The molecule has 1 fully saturated rings. The highest BCUT2D eigenvalue weighted by Crippen LogP contribution is 2.18. The Morgan fingerprint density at radius 2 is 2.21 bits per heavy atom. The van der Waals surface area contributed by atoms with E-state index in [9.17, 15) is 9.59 Å². The van der Waals surface area contributed by atoms with Gasteiger partial charge in [0.2, 0.25) is 0 Å². The summed E-state index contributed by atoms with van der Waals surface area (Å²) < 4.78 is 5.82. The Morgan fingerprint density at radius 3 is 2.88 bits per heavy atom. The molecule has 0 aliphatic carbocycles. The zero-order chi connectivity index (χ0) is 17.5. The van der Waals surface area contributed by atoms with Crippen molar-refractivity contribution in [3.8, 4) is 0 Å². The molecule has 0 unspecified atom stereocenters. The molecule has 1 saturated heterocycles. The Balaban J connectivity index is 1.75. The minimum Gasteiger partial charge on any atom is -0.452 e. The quantitative estimate of drug-likeness (QED) is 0.473. The first kappa shape index (κ1) is 19.0. The van der Waals surface area contributed by atoms with Crippen LogP contribution in [0.1, 0.15) is 19.8 Å². The summed E-state index contributed by atoms with van der Waals surface area (Å²) in [7, 11) is 0. The van der Waals surface area contributed by atoms with E-state index >= 15 is 0 Å². The van der Waals surface area contributed by atoms with Crippen LogP contribution in [0.15, 0.2) is 18.3 Å². The molecular weight excluding hydrogens is 370 g/mol. The second-order valence-electron chi connectivity index (χ2n) is 5.21. The van der Waals surface area contributed by atoms with Crippen LogP contribution in [-0.2, 0) is 14.3 Å². The Hall–Kier alpha value is -1.38.